The lowest BCUT2D eigenvalue weighted by molar-refractivity contribution is -0.138. The third-order valence-electron chi connectivity index (χ3n) is 1.76. The number of rotatable bonds is 4. The monoisotopic (exact) mass is 276 g/mol. The van der Waals surface area contributed by atoms with Gasteiger partial charge >= 0.3 is 5.97 Å². The van der Waals surface area contributed by atoms with Crippen molar-refractivity contribution in [3.8, 4) is 0 Å². The van der Waals surface area contributed by atoms with Gasteiger partial charge in [0.15, 0.2) is 0 Å². The lowest BCUT2D eigenvalue weighted by Gasteiger charge is -2.09. The van der Waals surface area contributed by atoms with E-state index in [0.717, 1.165) is 0 Å². The second kappa shape index (κ2) is 5.09. The summed E-state index contributed by atoms with van der Waals surface area (Å²) >= 11 is 3.02. The Hall–Kier alpha value is -1.14. The molecule has 0 spiro atoms. The highest BCUT2D eigenvalue weighted by molar-refractivity contribution is 9.10. The molecule has 1 aromatic rings. The minimum Gasteiger partial charge on any atom is -0.480 e. The number of halogens is 2. The molecule has 4 N–H and O–H groups in total. The molecule has 0 amide bonds. The smallest absolute Gasteiger partial charge is 0.322 e. The number of nitrogens with one attached hydrogen (secondary N) is 1. The lowest BCUT2D eigenvalue weighted by Crippen LogP contribution is -2.36. The number of carboxylic acids is 1. The number of nitrogens with two attached hydrogens (primary N) is 1. The summed E-state index contributed by atoms with van der Waals surface area (Å²) in [6.07, 6.45) is 0. The van der Waals surface area contributed by atoms with Crippen molar-refractivity contribution >= 4 is 27.6 Å². The number of carbonyl (C=O) groups is 1. The first-order chi connectivity index (χ1) is 7.00. The molecule has 1 unspecified atom stereocenters. The molecule has 1 rings (SSSR count). The zero-order chi connectivity index (χ0) is 11.4. The quantitative estimate of drug-likeness (QED) is 0.777. The molecular weight excluding hydrogens is 267 g/mol. The first-order valence-corrected chi connectivity index (χ1v) is 4.97. The first-order valence-electron chi connectivity index (χ1n) is 4.18. The molecule has 0 saturated heterocycles. The molecule has 0 aromatic heterocycles. The first kappa shape index (κ1) is 11.9. The van der Waals surface area contributed by atoms with Crippen LogP contribution in [0.4, 0.5) is 10.1 Å². The highest BCUT2D eigenvalue weighted by atomic mass is 79.9. The van der Waals surface area contributed by atoms with E-state index in [9.17, 15) is 9.18 Å². The van der Waals surface area contributed by atoms with Gasteiger partial charge in [0.2, 0.25) is 0 Å². The van der Waals surface area contributed by atoms with Crippen LogP contribution < -0.4 is 11.1 Å². The summed E-state index contributed by atoms with van der Waals surface area (Å²) in [5.74, 6) is -1.45. The van der Waals surface area contributed by atoms with Gasteiger partial charge in [-0.3, -0.25) is 4.79 Å². The van der Waals surface area contributed by atoms with Gasteiger partial charge in [-0.25, -0.2) is 4.39 Å². The maximum Gasteiger partial charge on any atom is 0.322 e. The Morgan fingerprint density at radius 3 is 2.87 bits per heavy atom. The highest BCUT2D eigenvalue weighted by Gasteiger charge is 2.10. The van der Waals surface area contributed by atoms with Crippen molar-refractivity contribution in [3.63, 3.8) is 0 Å². The molecule has 15 heavy (non-hydrogen) atoms. The molecular formula is C9H10BrFN2O2. The molecule has 0 aliphatic rings. The van der Waals surface area contributed by atoms with Crippen LogP contribution in [-0.2, 0) is 4.79 Å². The molecule has 0 saturated carbocycles. The van der Waals surface area contributed by atoms with Crippen LogP contribution in [0.25, 0.3) is 0 Å². The Morgan fingerprint density at radius 1 is 1.67 bits per heavy atom. The maximum atomic E-state index is 12.8. The Labute approximate surface area is 94.4 Å². The fraction of sp³-hybridized carbons (Fsp3) is 0.222. The van der Waals surface area contributed by atoms with Gasteiger partial charge in [-0.05, 0) is 34.1 Å². The van der Waals surface area contributed by atoms with Crippen molar-refractivity contribution in [2.45, 2.75) is 6.04 Å². The fourth-order valence-electron chi connectivity index (χ4n) is 0.921. The molecule has 0 aliphatic carbocycles. The summed E-state index contributed by atoms with van der Waals surface area (Å²) in [5, 5.41) is 11.3. The molecule has 0 radical (unpaired) electrons. The van der Waals surface area contributed by atoms with E-state index in [-0.39, 0.29) is 12.4 Å². The van der Waals surface area contributed by atoms with E-state index in [4.69, 9.17) is 10.8 Å². The largest absolute Gasteiger partial charge is 0.480 e. The van der Waals surface area contributed by atoms with Crippen LogP contribution in [0.5, 0.6) is 0 Å². The van der Waals surface area contributed by atoms with Crippen molar-refractivity contribution in [1.29, 1.82) is 0 Å². The van der Waals surface area contributed by atoms with E-state index in [0.29, 0.717) is 10.2 Å². The predicted octanol–water partition coefficient (Wildman–Crippen LogP) is 1.41. The molecule has 1 aromatic carbocycles. The van der Waals surface area contributed by atoms with Crippen LogP contribution in [0.3, 0.4) is 0 Å². The highest BCUT2D eigenvalue weighted by Crippen LogP contribution is 2.19. The summed E-state index contributed by atoms with van der Waals surface area (Å²) in [6, 6.07) is 3.32. The Bertz CT molecular complexity index is 373. The van der Waals surface area contributed by atoms with Crippen LogP contribution in [0.1, 0.15) is 0 Å². The molecule has 6 heteroatoms. The van der Waals surface area contributed by atoms with Gasteiger partial charge in [0, 0.05) is 12.2 Å². The van der Waals surface area contributed by atoms with E-state index >= 15 is 0 Å². The maximum absolute atomic E-state index is 12.8. The molecule has 0 heterocycles. The van der Waals surface area contributed by atoms with E-state index < -0.39 is 12.0 Å². The van der Waals surface area contributed by atoms with E-state index in [1.54, 1.807) is 0 Å². The van der Waals surface area contributed by atoms with Gasteiger partial charge in [0.1, 0.15) is 11.9 Å². The summed E-state index contributed by atoms with van der Waals surface area (Å²) < 4.78 is 13.1. The summed E-state index contributed by atoms with van der Waals surface area (Å²) in [7, 11) is 0. The lowest BCUT2D eigenvalue weighted by atomic mass is 10.2. The second-order valence-corrected chi connectivity index (χ2v) is 3.81. The zero-order valence-electron chi connectivity index (χ0n) is 7.71. The van der Waals surface area contributed by atoms with E-state index in [1.165, 1.54) is 18.2 Å². The third kappa shape index (κ3) is 3.49. The Morgan fingerprint density at radius 2 is 2.33 bits per heavy atom. The predicted molar refractivity (Wildman–Crippen MR) is 58.2 cm³/mol. The number of carboxylic acid groups (broad SMARTS) is 1. The number of hydrogen-bond donors (Lipinski definition) is 3. The number of hydrogen-bond acceptors (Lipinski definition) is 3. The van der Waals surface area contributed by atoms with Gasteiger partial charge in [-0.2, -0.15) is 0 Å². The molecule has 82 valence electrons. The van der Waals surface area contributed by atoms with Gasteiger partial charge in [-0.15, -0.1) is 0 Å². The standard InChI is InChI=1S/C9H10BrFN2O2/c10-6-3-5(1-2-7(6)11)13-4-8(12)9(14)15/h1-3,8,13H,4,12H2,(H,14,15). The third-order valence-corrected chi connectivity index (χ3v) is 2.37. The van der Waals surface area contributed by atoms with Crippen LogP contribution in [-0.4, -0.2) is 23.7 Å². The summed E-state index contributed by atoms with van der Waals surface area (Å²) in [6.45, 7) is 0.0907. The minimum atomic E-state index is -1.08. The number of benzene rings is 1. The fourth-order valence-corrected chi connectivity index (χ4v) is 1.30. The van der Waals surface area contributed by atoms with Crippen molar-refractivity contribution in [1.82, 2.24) is 0 Å². The minimum absolute atomic E-state index is 0.0907. The van der Waals surface area contributed by atoms with Crippen LogP contribution >= 0.6 is 15.9 Å². The SMILES string of the molecule is NC(CNc1ccc(F)c(Br)c1)C(=O)O. The summed E-state index contributed by atoms with van der Waals surface area (Å²) in [4.78, 5) is 10.4. The van der Waals surface area contributed by atoms with Crippen LogP contribution in [0.15, 0.2) is 22.7 Å². The van der Waals surface area contributed by atoms with Crippen molar-refractivity contribution < 1.29 is 14.3 Å². The Balaban J connectivity index is 2.58. The average Bonchev–Trinajstić information content (AvgIpc) is 2.19. The molecule has 0 aliphatic heterocycles. The molecule has 0 fully saturated rings. The van der Waals surface area contributed by atoms with Crippen molar-refractivity contribution in [3.05, 3.63) is 28.5 Å². The number of aliphatic carboxylic acids is 1. The van der Waals surface area contributed by atoms with Gasteiger partial charge in [-0.1, -0.05) is 0 Å². The van der Waals surface area contributed by atoms with Gasteiger partial charge in [0.25, 0.3) is 0 Å². The van der Waals surface area contributed by atoms with Crippen molar-refractivity contribution in [2.75, 3.05) is 11.9 Å². The average molecular weight is 277 g/mol. The Kier molecular flexibility index (Phi) is 4.05. The normalized spacial score (nSPS) is 12.2. The molecule has 4 nitrogen and oxygen atoms in total. The molecule has 0 bridgehead atoms. The van der Waals surface area contributed by atoms with Crippen LogP contribution in [0, 0.1) is 5.82 Å². The van der Waals surface area contributed by atoms with Crippen LogP contribution in [0.2, 0.25) is 0 Å². The number of anilines is 1. The topological polar surface area (TPSA) is 75.3 Å². The van der Waals surface area contributed by atoms with E-state index in [1.807, 2.05) is 0 Å². The zero-order valence-corrected chi connectivity index (χ0v) is 9.29. The summed E-state index contributed by atoms with van der Waals surface area (Å²) in [5.41, 5.74) is 5.90. The van der Waals surface area contributed by atoms with Gasteiger partial charge in [0.05, 0.1) is 4.47 Å². The molecule has 1 atom stereocenters. The van der Waals surface area contributed by atoms with Crippen molar-refractivity contribution in [2.24, 2.45) is 5.73 Å². The van der Waals surface area contributed by atoms with Gasteiger partial charge < -0.3 is 16.2 Å². The van der Waals surface area contributed by atoms with E-state index in [2.05, 4.69) is 21.2 Å². The second-order valence-electron chi connectivity index (χ2n) is 2.95.